The Labute approximate surface area is 161 Å². The van der Waals surface area contributed by atoms with Crippen LogP contribution in [0.2, 0.25) is 0 Å². The van der Waals surface area contributed by atoms with Crippen molar-refractivity contribution in [3.05, 3.63) is 53.1 Å². The molecule has 0 bridgehead atoms. The topological polar surface area (TPSA) is 99.3 Å². The Morgan fingerprint density at radius 3 is 2.70 bits per heavy atom. The smallest absolute Gasteiger partial charge is 0.269 e. The lowest BCUT2D eigenvalue weighted by atomic mass is 10.1. The molecule has 2 aromatic carbocycles. The van der Waals surface area contributed by atoms with Crippen molar-refractivity contribution in [1.29, 1.82) is 0 Å². The van der Waals surface area contributed by atoms with E-state index in [2.05, 4.69) is 21.5 Å². The van der Waals surface area contributed by atoms with E-state index in [0.29, 0.717) is 17.0 Å². The maximum absolute atomic E-state index is 12.2. The van der Waals surface area contributed by atoms with Crippen LogP contribution in [0, 0.1) is 13.8 Å². The molecule has 140 valence electrons. The SMILES string of the molecule is Cc1ccc(NCC(=O)NNC(=O)c2ccc3c(c2)NC(=O)CS3)c(C)c1. The number of carbonyl (C=O) groups excluding carboxylic acids is 3. The molecule has 0 saturated heterocycles. The highest BCUT2D eigenvalue weighted by Crippen LogP contribution is 2.31. The summed E-state index contributed by atoms with van der Waals surface area (Å²) in [5.41, 5.74) is 8.76. The number of benzene rings is 2. The van der Waals surface area contributed by atoms with Crippen molar-refractivity contribution in [1.82, 2.24) is 10.9 Å². The summed E-state index contributed by atoms with van der Waals surface area (Å²) in [6.45, 7) is 3.99. The molecular formula is C19H20N4O3S. The fourth-order valence-corrected chi connectivity index (χ4v) is 3.44. The average Bonchev–Trinajstić information content (AvgIpc) is 2.64. The molecule has 0 atom stereocenters. The molecule has 0 unspecified atom stereocenters. The first kappa shape index (κ1) is 18.8. The van der Waals surface area contributed by atoms with Gasteiger partial charge < -0.3 is 10.6 Å². The lowest BCUT2D eigenvalue weighted by Gasteiger charge is -2.17. The Bertz CT molecular complexity index is 914. The van der Waals surface area contributed by atoms with Crippen molar-refractivity contribution in [2.24, 2.45) is 0 Å². The Hall–Kier alpha value is -3.00. The van der Waals surface area contributed by atoms with Crippen LogP contribution < -0.4 is 21.5 Å². The van der Waals surface area contributed by atoms with E-state index in [-0.39, 0.29) is 18.4 Å². The van der Waals surface area contributed by atoms with Crippen LogP contribution in [0.3, 0.4) is 0 Å². The summed E-state index contributed by atoms with van der Waals surface area (Å²) in [6, 6.07) is 10.9. The number of nitrogens with one attached hydrogen (secondary N) is 4. The van der Waals surface area contributed by atoms with E-state index in [4.69, 9.17) is 0 Å². The molecule has 4 N–H and O–H groups in total. The van der Waals surface area contributed by atoms with Crippen molar-refractivity contribution < 1.29 is 14.4 Å². The summed E-state index contributed by atoms with van der Waals surface area (Å²) in [5.74, 6) is -0.564. The maximum atomic E-state index is 12.2. The van der Waals surface area contributed by atoms with Gasteiger partial charge in [-0.05, 0) is 43.7 Å². The fourth-order valence-electron chi connectivity index (χ4n) is 2.65. The van der Waals surface area contributed by atoms with Crippen LogP contribution in [0.1, 0.15) is 21.5 Å². The second-order valence-corrected chi connectivity index (χ2v) is 7.24. The van der Waals surface area contributed by atoms with Gasteiger partial charge >= 0.3 is 0 Å². The second-order valence-electron chi connectivity index (χ2n) is 6.22. The number of carbonyl (C=O) groups is 3. The third-order valence-corrected chi connectivity index (χ3v) is 5.08. The minimum absolute atomic E-state index is 0.0288. The van der Waals surface area contributed by atoms with Crippen molar-refractivity contribution in [3.8, 4) is 0 Å². The molecular weight excluding hydrogens is 364 g/mol. The highest BCUT2D eigenvalue weighted by Gasteiger charge is 2.17. The third-order valence-electron chi connectivity index (χ3n) is 4.01. The maximum Gasteiger partial charge on any atom is 0.269 e. The first-order valence-corrected chi connectivity index (χ1v) is 9.38. The summed E-state index contributed by atoms with van der Waals surface area (Å²) >= 11 is 1.42. The normalized spacial score (nSPS) is 12.6. The van der Waals surface area contributed by atoms with Gasteiger partial charge in [-0.2, -0.15) is 0 Å². The average molecular weight is 384 g/mol. The van der Waals surface area contributed by atoms with Crippen LogP contribution in [0.25, 0.3) is 0 Å². The lowest BCUT2D eigenvalue weighted by Crippen LogP contribution is -2.44. The molecule has 0 aliphatic carbocycles. The molecule has 1 heterocycles. The molecule has 0 spiro atoms. The van der Waals surface area contributed by atoms with Gasteiger partial charge in [-0.25, -0.2) is 0 Å². The van der Waals surface area contributed by atoms with Gasteiger partial charge in [0.25, 0.3) is 11.8 Å². The predicted octanol–water partition coefficient (Wildman–Crippen LogP) is 2.22. The van der Waals surface area contributed by atoms with Crippen molar-refractivity contribution in [2.75, 3.05) is 22.9 Å². The highest BCUT2D eigenvalue weighted by atomic mass is 32.2. The van der Waals surface area contributed by atoms with Crippen LogP contribution in [-0.2, 0) is 9.59 Å². The van der Waals surface area contributed by atoms with E-state index in [0.717, 1.165) is 21.7 Å². The van der Waals surface area contributed by atoms with E-state index < -0.39 is 5.91 Å². The Morgan fingerprint density at radius 1 is 1.11 bits per heavy atom. The second kappa shape index (κ2) is 8.13. The summed E-state index contributed by atoms with van der Waals surface area (Å²) in [5, 5.41) is 5.77. The third kappa shape index (κ3) is 4.79. The van der Waals surface area contributed by atoms with Crippen molar-refractivity contribution in [2.45, 2.75) is 18.7 Å². The van der Waals surface area contributed by atoms with Gasteiger partial charge in [0.1, 0.15) is 0 Å². The van der Waals surface area contributed by atoms with Crippen molar-refractivity contribution in [3.63, 3.8) is 0 Å². The Balaban J connectivity index is 1.52. The number of hydrogen-bond donors (Lipinski definition) is 4. The first-order chi connectivity index (χ1) is 12.9. The van der Waals surface area contributed by atoms with E-state index >= 15 is 0 Å². The minimum atomic E-state index is -0.456. The van der Waals surface area contributed by atoms with Crippen LogP contribution in [-0.4, -0.2) is 30.0 Å². The van der Waals surface area contributed by atoms with E-state index in [1.165, 1.54) is 11.8 Å². The highest BCUT2D eigenvalue weighted by molar-refractivity contribution is 8.00. The number of fused-ring (bicyclic) bond motifs is 1. The summed E-state index contributed by atoms with van der Waals surface area (Å²) in [4.78, 5) is 36.5. The lowest BCUT2D eigenvalue weighted by molar-refractivity contribution is -0.120. The molecule has 3 rings (SSSR count). The number of thioether (sulfide) groups is 1. The van der Waals surface area contributed by atoms with Crippen LogP contribution >= 0.6 is 11.8 Å². The number of aryl methyl sites for hydroxylation is 2. The van der Waals surface area contributed by atoms with Gasteiger partial charge in [0, 0.05) is 16.1 Å². The number of hydrazine groups is 1. The summed E-state index contributed by atoms with van der Waals surface area (Å²) in [6.07, 6.45) is 0. The Morgan fingerprint density at radius 2 is 1.93 bits per heavy atom. The van der Waals surface area contributed by atoms with E-state index in [1.807, 2.05) is 32.0 Å². The van der Waals surface area contributed by atoms with Crippen LogP contribution in [0.5, 0.6) is 0 Å². The standard InChI is InChI=1S/C19H20N4O3S/c1-11-3-5-14(12(2)7-11)20-9-17(24)22-23-19(26)13-4-6-16-15(8-13)21-18(25)10-27-16/h3-8,20H,9-10H2,1-2H3,(H,21,25)(H,22,24)(H,23,26). The van der Waals surface area contributed by atoms with Gasteiger partial charge in [0.15, 0.2) is 0 Å². The fraction of sp³-hybridized carbons (Fsp3) is 0.211. The molecule has 7 nitrogen and oxygen atoms in total. The summed E-state index contributed by atoms with van der Waals surface area (Å²) in [7, 11) is 0. The Kier molecular flexibility index (Phi) is 5.66. The zero-order valence-electron chi connectivity index (χ0n) is 15.0. The quantitative estimate of drug-likeness (QED) is 0.606. The largest absolute Gasteiger partial charge is 0.376 e. The molecule has 0 radical (unpaired) electrons. The van der Waals surface area contributed by atoms with Gasteiger partial charge in [0.2, 0.25) is 5.91 Å². The zero-order chi connectivity index (χ0) is 19.4. The molecule has 0 fully saturated rings. The molecule has 1 aliphatic rings. The molecule has 0 saturated carbocycles. The van der Waals surface area contributed by atoms with Crippen LogP contribution in [0.4, 0.5) is 11.4 Å². The van der Waals surface area contributed by atoms with E-state index in [1.54, 1.807) is 18.2 Å². The zero-order valence-corrected chi connectivity index (χ0v) is 15.8. The predicted molar refractivity (Wildman–Crippen MR) is 106 cm³/mol. The summed E-state index contributed by atoms with van der Waals surface area (Å²) < 4.78 is 0. The van der Waals surface area contributed by atoms with Crippen molar-refractivity contribution >= 4 is 40.9 Å². The molecule has 0 aromatic heterocycles. The van der Waals surface area contributed by atoms with Gasteiger partial charge in [-0.15, -0.1) is 11.8 Å². The van der Waals surface area contributed by atoms with Gasteiger partial charge in [0.05, 0.1) is 18.0 Å². The molecule has 1 aliphatic heterocycles. The molecule has 8 heteroatoms. The first-order valence-electron chi connectivity index (χ1n) is 8.39. The molecule has 27 heavy (non-hydrogen) atoms. The molecule has 3 amide bonds. The monoisotopic (exact) mass is 384 g/mol. The van der Waals surface area contributed by atoms with Crippen LogP contribution in [0.15, 0.2) is 41.3 Å². The van der Waals surface area contributed by atoms with Gasteiger partial charge in [-0.1, -0.05) is 17.7 Å². The minimum Gasteiger partial charge on any atom is -0.376 e. The number of amides is 3. The number of anilines is 2. The van der Waals surface area contributed by atoms with Gasteiger partial charge in [-0.3, -0.25) is 25.2 Å². The number of hydrogen-bond acceptors (Lipinski definition) is 5. The van der Waals surface area contributed by atoms with E-state index in [9.17, 15) is 14.4 Å². The molecule has 2 aromatic rings. The number of rotatable bonds is 4.